The zero-order valence-electron chi connectivity index (χ0n) is 11.6. The fraction of sp³-hybridized carbons (Fsp3) is 0.667. The maximum Gasteiger partial charge on any atom is 0.333 e. The van der Waals surface area contributed by atoms with Crippen LogP contribution < -0.4 is 0 Å². The van der Waals surface area contributed by atoms with Gasteiger partial charge in [-0.25, -0.2) is 9.59 Å². The molecule has 0 aromatic heterocycles. The molecule has 0 aliphatic rings. The van der Waals surface area contributed by atoms with Crippen LogP contribution in [0.4, 0.5) is 0 Å². The first-order valence-electron chi connectivity index (χ1n) is 5.36. The molecular formula is C12H20O6. The molecule has 0 saturated heterocycles. The number of carbonyl (C=O) groups excluding carboxylic acids is 2. The van der Waals surface area contributed by atoms with E-state index in [9.17, 15) is 9.59 Å². The highest BCUT2D eigenvalue weighted by atomic mass is 16.7. The Morgan fingerprint density at radius 3 is 1.28 bits per heavy atom. The van der Waals surface area contributed by atoms with Gasteiger partial charge in [0.15, 0.2) is 0 Å². The molecule has 0 amide bonds. The van der Waals surface area contributed by atoms with Crippen LogP contribution in [0.2, 0.25) is 0 Å². The van der Waals surface area contributed by atoms with Crippen molar-refractivity contribution < 1.29 is 28.5 Å². The highest BCUT2D eigenvalue weighted by Crippen LogP contribution is 2.11. The van der Waals surface area contributed by atoms with Gasteiger partial charge >= 0.3 is 11.9 Å². The first kappa shape index (κ1) is 16.6. The number of ether oxygens (including phenoxy) is 4. The van der Waals surface area contributed by atoms with Crippen LogP contribution in [-0.4, -0.2) is 37.7 Å². The molecule has 0 unspecified atom stereocenters. The summed E-state index contributed by atoms with van der Waals surface area (Å²) < 4.78 is 19.6. The number of carbonyl (C=O) groups is 2. The molecule has 0 fully saturated rings. The molecular weight excluding hydrogens is 240 g/mol. The Bertz CT molecular complexity index is 297. The van der Waals surface area contributed by atoms with E-state index in [4.69, 9.17) is 18.9 Å². The maximum atomic E-state index is 11.3. The number of esters is 2. The molecule has 6 nitrogen and oxygen atoms in total. The molecule has 0 N–H and O–H groups in total. The molecule has 0 aliphatic carbocycles. The predicted octanol–water partition coefficient (Wildman–Crippen LogP) is 1.39. The molecule has 0 aromatic carbocycles. The lowest BCUT2D eigenvalue weighted by Crippen LogP contribution is -2.30. The Morgan fingerprint density at radius 2 is 1.06 bits per heavy atom. The van der Waals surface area contributed by atoms with Gasteiger partial charge in [0, 0.05) is 54.1 Å². The van der Waals surface area contributed by atoms with Crippen LogP contribution in [0, 0.1) is 0 Å². The average molecular weight is 260 g/mol. The van der Waals surface area contributed by atoms with Gasteiger partial charge in [0.2, 0.25) is 11.6 Å². The molecule has 104 valence electrons. The van der Waals surface area contributed by atoms with Gasteiger partial charge in [0.05, 0.1) is 0 Å². The van der Waals surface area contributed by atoms with Gasteiger partial charge in [0.1, 0.15) is 0 Å². The Morgan fingerprint density at radius 1 is 0.778 bits per heavy atom. The van der Waals surface area contributed by atoms with Crippen LogP contribution in [0.25, 0.3) is 0 Å². The molecule has 0 bridgehead atoms. The SMILES string of the molecule is COC(C)(C)OC(=O)C=CC(=O)OC(C)(C)OC. The predicted molar refractivity (Wildman–Crippen MR) is 63.5 cm³/mol. The Labute approximate surface area is 107 Å². The van der Waals surface area contributed by atoms with Crippen molar-refractivity contribution in [1.82, 2.24) is 0 Å². The average Bonchev–Trinajstić information content (AvgIpc) is 2.25. The second kappa shape index (κ2) is 6.51. The molecule has 6 heteroatoms. The fourth-order valence-electron chi connectivity index (χ4n) is 0.772. The summed E-state index contributed by atoms with van der Waals surface area (Å²) in [5.74, 6) is -3.49. The zero-order chi connectivity index (χ0) is 14.4. The standard InChI is InChI=1S/C12H20O6/c1-11(2,15-5)17-9(13)7-8-10(14)18-12(3,4)16-6/h7-8H,1-6H3. The second-order valence-electron chi connectivity index (χ2n) is 4.38. The molecule has 0 aromatic rings. The molecule has 0 saturated carbocycles. The van der Waals surface area contributed by atoms with Crippen LogP contribution in [0.5, 0.6) is 0 Å². The van der Waals surface area contributed by atoms with Crippen LogP contribution in [0.15, 0.2) is 12.2 Å². The van der Waals surface area contributed by atoms with Gasteiger partial charge < -0.3 is 18.9 Å². The second-order valence-corrected chi connectivity index (χ2v) is 4.38. The van der Waals surface area contributed by atoms with E-state index in [1.54, 1.807) is 27.7 Å². The summed E-state index contributed by atoms with van der Waals surface area (Å²) in [5, 5.41) is 0. The largest absolute Gasteiger partial charge is 0.431 e. The Hall–Kier alpha value is -1.40. The molecule has 0 aliphatic heterocycles. The smallest absolute Gasteiger partial charge is 0.333 e. The third-order valence-corrected chi connectivity index (χ3v) is 2.03. The molecule has 0 radical (unpaired) electrons. The summed E-state index contributed by atoms with van der Waals surface area (Å²) in [4.78, 5) is 22.7. The molecule has 0 heterocycles. The molecule has 0 spiro atoms. The molecule has 0 rings (SSSR count). The van der Waals surface area contributed by atoms with Crippen molar-refractivity contribution in [1.29, 1.82) is 0 Å². The third-order valence-electron chi connectivity index (χ3n) is 2.03. The van der Waals surface area contributed by atoms with Crippen molar-refractivity contribution in [2.45, 2.75) is 39.3 Å². The number of hydrogen-bond donors (Lipinski definition) is 0. The molecule has 0 atom stereocenters. The highest BCUT2D eigenvalue weighted by Gasteiger charge is 2.22. The minimum absolute atomic E-state index is 0.700. The van der Waals surface area contributed by atoms with E-state index < -0.39 is 23.5 Å². The topological polar surface area (TPSA) is 71.1 Å². The summed E-state index contributed by atoms with van der Waals surface area (Å²) >= 11 is 0. The summed E-state index contributed by atoms with van der Waals surface area (Å²) in [6.45, 7) is 6.30. The van der Waals surface area contributed by atoms with Crippen molar-refractivity contribution in [3.8, 4) is 0 Å². The van der Waals surface area contributed by atoms with Crippen molar-refractivity contribution in [3.05, 3.63) is 12.2 Å². The maximum absolute atomic E-state index is 11.3. The monoisotopic (exact) mass is 260 g/mol. The lowest BCUT2D eigenvalue weighted by Gasteiger charge is -2.22. The summed E-state index contributed by atoms with van der Waals surface area (Å²) in [5.41, 5.74) is 0. The summed E-state index contributed by atoms with van der Waals surface area (Å²) in [6, 6.07) is 0. The van der Waals surface area contributed by atoms with E-state index in [1.165, 1.54) is 14.2 Å². The van der Waals surface area contributed by atoms with Crippen molar-refractivity contribution in [2.24, 2.45) is 0 Å². The first-order chi connectivity index (χ1) is 8.12. The van der Waals surface area contributed by atoms with E-state index >= 15 is 0 Å². The summed E-state index contributed by atoms with van der Waals surface area (Å²) in [6.07, 6.45) is 1.93. The van der Waals surface area contributed by atoms with Crippen LogP contribution in [-0.2, 0) is 28.5 Å². The van der Waals surface area contributed by atoms with E-state index in [-0.39, 0.29) is 0 Å². The third kappa shape index (κ3) is 7.03. The number of methoxy groups -OCH3 is 2. The lowest BCUT2D eigenvalue weighted by molar-refractivity contribution is -0.203. The summed E-state index contributed by atoms with van der Waals surface area (Å²) in [7, 11) is 2.82. The number of rotatable bonds is 6. The lowest BCUT2D eigenvalue weighted by atomic mass is 10.3. The van der Waals surface area contributed by atoms with Gasteiger partial charge in [-0.1, -0.05) is 0 Å². The van der Waals surface area contributed by atoms with E-state index in [0.29, 0.717) is 0 Å². The quantitative estimate of drug-likeness (QED) is 0.408. The first-order valence-corrected chi connectivity index (χ1v) is 5.36. The van der Waals surface area contributed by atoms with Gasteiger partial charge in [-0.2, -0.15) is 0 Å². The normalized spacial score (nSPS) is 12.6. The Balaban J connectivity index is 4.32. The number of hydrogen-bond acceptors (Lipinski definition) is 6. The van der Waals surface area contributed by atoms with Crippen LogP contribution in [0.3, 0.4) is 0 Å². The van der Waals surface area contributed by atoms with Crippen LogP contribution >= 0.6 is 0 Å². The van der Waals surface area contributed by atoms with Crippen molar-refractivity contribution in [2.75, 3.05) is 14.2 Å². The van der Waals surface area contributed by atoms with E-state index in [0.717, 1.165) is 12.2 Å². The Kier molecular flexibility index (Phi) is 6.00. The zero-order valence-corrected chi connectivity index (χ0v) is 11.6. The van der Waals surface area contributed by atoms with Crippen molar-refractivity contribution in [3.63, 3.8) is 0 Å². The molecule has 18 heavy (non-hydrogen) atoms. The fourth-order valence-corrected chi connectivity index (χ4v) is 0.772. The van der Waals surface area contributed by atoms with Crippen molar-refractivity contribution >= 4 is 11.9 Å². The minimum Gasteiger partial charge on any atom is -0.431 e. The van der Waals surface area contributed by atoms with Gasteiger partial charge in [-0.05, 0) is 0 Å². The minimum atomic E-state index is -1.04. The van der Waals surface area contributed by atoms with E-state index in [1.807, 2.05) is 0 Å². The van der Waals surface area contributed by atoms with Gasteiger partial charge in [-0.3, -0.25) is 0 Å². The van der Waals surface area contributed by atoms with Crippen LogP contribution in [0.1, 0.15) is 27.7 Å². The van der Waals surface area contributed by atoms with Gasteiger partial charge in [-0.15, -0.1) is 0 Å². The highest BCUT2D eigenvalue weighted by molar-refractivity contribution is 5.91. The van der Waals surface area contributed by atoms with Gasteiger partial charge in [0.25, 0.3) is 0 Å². The van der Waals surface area contributed by atoms with E-state index in [2.05, 4.69) is 0 Å².